The number of hydrogen-bond acceptors (Lipinski definition) is 2. The van der Waals surface area contributed by atoms with Crippen LogP contribution in [0.3, 0.4) is 0 Å². The molecule has 2 fully saturated rings. The summed E-state index contributed by atoms with van der Waals surface area (Å²) in [5.74, 6) is 0. The third kappa shape index (κ3) is 0.722. The molecule has 2 heterocycles. The second-order valence-corrected chi connectivity index (χ2v) is 3.72. The number of rotatable bonds is 0. The normalized spacial score (nSPS) is 27.4. The summed E-state index contributed by atoms with van der Waals surface area (Å²) >= 11 is 4.83. The molecule has 1 spiro atoms. The third-order valence-corrected chi connectivity index (χ3v) is 2.62. The molecule has 3 N–H and O–H groups in total. The van der Waals surface area contributed by atoms with Gasteiger partial charge in [-0.2, -0.15) is 0 Å². The lowest BCUT2D eigenvalue weighted by atomic mass is 9.75. The summed E-state index contributed by atoms with van der Waals surface area (Å²) in [4.78, 5) is 2.05. The largest absolute Gasteiger partial charge is 0.376 e. The molecule has 2 rings (SSSR count). The van der Waals surface area contributed by atoms with Gasteiger partial charge >= 0.3 is 0 Å². The van der Waals surface area contributed by atoms with Crippen molar-refractivity contribution in [3.63, 3.8) is 0 Å². The Morgan fingerprint density at radius 3 is 2.40 bits per heavy atom. The summed E-state index contributed by atoms with van der Waals surface area (Å²) in [6.45, 7) is 4.42. The van der Waals surface area contributed by atoms with Gasteiger partial charge in [0.25, 0.3) is 0 Å². The van der Waals surface area contributed by atoms with E-state index in [9.17, 15) is 0 Å². The Bertz CT molecular complexity index is 168. The van der Waals surface area contributed by atoms with Crippen molar-refractivity contribution in [3.05, 3.63) is 0 Å². The summed E-state index contributed by atoms with van der Waals surface area (Å²) < 4.78 is 0. The van der Waals surface area contributed by atoms with Crippen LogP contribution in [0.4, 0.5) is 0 Å². The van der Waals surface area contributed by atoms with Gasteiger partial charge in [0.15, 0.2) is 5.11 Å². The Kier molecular flexibility index (Phi) is 1.16. The molecule has 0 aromatic heterocycles. The second kappa shape index (κ2) is 1.83. The molecule has 0 unspecified atom stereocenters. The maximum Gasteiger partial charge on any atom is 0.166 e. The van der Waals surface area contributed by atoms with Crippen molar-refractivity contribution in [2.75, 3.05) is 26.2 Å². The Balaban J connectivity index is 1.88. The van der Waals surface area contributed by atoms with Crippen LogP contribution >= 0.6 is 12.2 Å². The number of thiocarbonyl (C=S) groups is 1. The first kappa shape index (κ1) is 6.37. The van der Waals surface area contributed by atoms with Crippen LogP contribution in [0.5, 0.6) is 0 Å². The lowest BCUT2D eigenvalue weighted by molar-refractivity contribution is 0.00795. The number of likely N-dealkylation sites (tertiary alicyclic amines) is 1. The van der Waals surface area contributed by atoms with Gasteiger partial charge in [-0.15, -0.1) is 0 Å². The van der Waals surface area contributed by atoms with Gasteiger partial charge in [0.1, 0.15) is 0 Å². The van der Waals surface area contributed by atoms with Crippen LogP contribution in [0, 0.1) is 5.41 Å². The fourth-order valence-corrected chi connectivity index (χ4v) is 1.75. The first-order valence-electron chi connectivity index (χ1n) is 3.47. The number of hydrogen-bond donors (Lipinski definition) is 2. The number of nitrogens with two attached hydrogens (primary N) is 1. The average molecular weight is 157 g/mol. The van der Waals surface area contributed by atoms with Crippen molar-refractivity contribution in [1.82, 2.24) is 10.2 Å². The van der Waals surface area contributed by atoms with Crippen LogP contribution in [0.25, 0.3) is 0 Å². The maximum atomic E-state index is 5.43. The predicted octanol–water partition coefficient (Wildman–Crippen LogP) is -0.865. The van der Waals surface area contributed by atoms with Crippen LogP contribution in [0.2, 0.25) is 0 Å². The molecule has 0 radical (unpaired) electrons. The van der Waals surface area contributed by atoms with E-state index in [2.05, 4.69) is 10.2 Å². The monoisotopic (exact) mass is 157 g/mol. The molecule has 0 aliphatic carbocycles. The van der Waals surface area contributed by atoms with Gasteiger partial charge in [-0.05, 0) is 12.2 Å². The minimum atomic E-state index is 0.545. The molecule has 3 nitrogen and oxygen atoms in total. The molecule has 0 atom stereocenters. The molecule has 10 heavy (non-hydrogen) atoms. The van der Waals surface area contributed by atoms with Crippen molar-refractivity contribution >= 4 is 17.3 Å². The van der Waals surface area contributed by atoms with Crippen molar-refractivity contribution in [3.8, 4) is 0 Å². The Morgan fingerprint density at radius 1 is 1.50 bits per heavy atom. The lowest BCUT2D eigenvalue weighted by Gasteiger charge is -2.56. The van der Waals surface area contributed by atoms with Gasteiger partial charge < -0.3 is 16.0 Å². The summed E-state index contributed by atoms with van der Waals surface area (Å²) in [6, 6.07) is 0. The molecule has 2 aliphatic heterocycles. The van der Waals surface area contributed by atoms with Crippen LogP contribution in [0.1, 0.15) is 0 Å². The minimum absolute atomic E-state index is 0.545. The summed E-state index contributed by atoms with van der Waals surface area (Å²) in [7, 11) is 0. The highest BCUT2D eigenvalue weighted by atomic mass is 32.1. The van der Waals surface area contributed by atoms with Crippen molar-refractivity contribution in [1.29, 1.82) is 0 Å². The molecule has 0 aromatic rings. The summed E-state index contributed by atoms with van der Waals surface area (Å²) in [5, 5.41) is 3.81. The van der Waals surface area contributed by atoms with E-state index in [4.69, 9.17) is 18.0 Å². The SMILES string of the molecule is NC(=S)N1CC2(CNC2)C1. The standard InChI is InChI=1S/C6H11N3S/c7-5(10)9-3-6(4-9)1-8-2-6/h8H,1-4H2,(H2,7,10). The van der Waals surface area contributed by atoms with Crippen LogP contribution in [-0.2, 0) is 0 Å². The minimum Gasteiger partial charge on any atom is -0.376 e. The molecule has 0 saturated carbocycles. The van der Waals surface area contributed by atoms with E-state index in [1.807, 2.05) is 0 Å². The molecule has 2 aliphatic rings. The highest BCUT2D eigenvalue weighted by Crippen LogP contribution is 2.33. The van der Waals surface area contributed by atoms with E-state index < -0.39 is 0 Å². The van der Waals surface area contributed by atoms with Crippen LogP contribution in [0.15, 0.2) is 0 Å². The maximum absolute atomic E-state index is 5.43. The zero-order chi connectivity index (χ0) is 7.19. The van der Waals surface area contributed by atoms with Crippen LogP contribution in [-0.4, -0.2) is 36.2 Å². The molecule has 0 aromatic carbocycles. The predicted molar refractivity (Wildman–Crippen MR) is 43.7 cm³/mol. The number of nitrogens with zero attached hydrogens (tertiary/aromatic N) is 1. The Labute approximate surface area is 65.6 Å². The van der Waals surface area contributed by atoms with E-state index in [0.717, 1.165) is 26.2 Å². The smallest absolute Gasteiger partial charge is 0.166 e. The first-order chi connectivity index (χ1) is 4.72. The van der Waals surface area contributed by atoms with E-state index in [1.54, 1.807) is 0 Å². The van der Waals surface area contributed by atoms with Gasteiger partial charge in [-0.3, -0.25) is 0 Å². The highest BCUT2D eigenvalue weighted by molar-refractivity contribution is 7.80. The van der Waals surface area contributed by atoms with Crippen molar-refractivity contribution in [2.45, 2.75) is 0 Å². The Morgan fingerprint density at radius 2 is 2.10 bits per heavy atom. The quantitative estimate of drug-likeness (QED) is 0.449. The fraction of sp³-hybridized carbons (Fsp3) is 0.833. The van der Waals surface area contributed by atoms with Crippen LogP contribution < -0.4 is 11.1 Å². The fourth-order valence-electron chi connectivity index (χ4n) is 1.62. The first-order valence-corrected chi connectivity index (χ1v) is 3.88. The van der Waals surface area contributed by atoms with Gasteiger partial charge in [0.2, 0.25) is 0 Å². The lowest BCUT2D eigenvalue weighted by Crippen LogP contribution is -2.72. The summed E-state index contributed by atoms with van der Waals surface area (Å²) in [6.07, 6.45) is 0. The van der Waals surface area contributed by atoms with E-state index in [-0.39, 0.29) is 0 Å². The molecule has 0 bridgehead atoms. The van der Waals surface area contributed by atoms with Gasteiger partial charge in [-0.25, -0.2) is 0 Å². The average Bonchev–Trinajstić information content (AvgIpc) is 1.54. The van der Waals surface area contributed by atoms with E-state index in [0.29, 0.717) is 10.5 Å². The molecule has 2 saturated heterocycles. The third-order valence-electron chi connectivity index (χ3n) is 2.36. The molecular weight excluding hydrogens is 146 g/mol. The molecular formula is C6H11N3S. The zero-order valence-electron chi connectivity index (χ0n) is 5.76. The summed E-state index contributed by atoms with van der Waals surface area (Å²) in [5.41, 5.74) is 5.98. The van der Waals surface area contributed by atoms with E-state index >= 15 is 0 Å². The second-order valence-electron chi connectivity index (χ2n) is 3.30. The van der Waals surface area contributed by atoms with Crippen molar-refractivity contribution < 1.29 is 0 Å². The molecule has 4 heteroatoms. The molecule has 56 valence electrons. The van der Waals surface area contributed by atoms with E-state index in [1.165, 1.54) is 0 Å². The Hall–Kier alpha value is -0.350. The topological polar surface area (TPSA) is 41.3 Å². The highest BCUT2D eigenvalue weighted by Gasteiger charge is 2.47. The van der Waals surface area contributed by atoms with Gasteiger partial charge in [0, 0.05) is 31.6 Å². The molecule has 0 amide bonds. The number of nitrogens with one attached hydrogen (secondary N) is 1. The van der Waals surface area contributed by atoms with Crippen molar-refractivity contribution in [2.24, 2.45) is 11.1 Å². The zero-order valence-corrected chi connectivity index (χ0v) is 6.58. The van der Waals surface area contributed by atoms with Gasteiger partial charge in [0.05, 0.1) is 0 Å². The van der Waals surface area contributed by atoms with Gasteiger partial charge in [-0.1, -0.05) is 0 Å².